The van der Waals surface area contributed by atoms with Crippen molar-refractivity contribution in [3.63, 3.8) is 0 Å². The third-order valence-corrected chi connectivity index (χ3v) is 6.88. The van der Waals surface area contributed by atoms with Crippen LogP contribution in [0.2, 0.25) is 0 Å². The molecule has 0 amide bonds. The number of anilines is 2. The van der Waals surface area contributed by atoms with Gasteiger partial charge in [-0.1, -0.05) is 42.0 Å². The van der Waals surface area contributed by atoms with Crippen molar-refractivity contribution in [2.24, 2.45) is 0 Å². The molecule has 0 aromatic heterocycles. The number of fused-ring (bicyclic) bond motifs is 1. The highest BCUT2D eigenvalue weighted by molar-refractivity contribution is 7.93. The molecule has 0 atom stereocenters. The zero-order valence-corrected chi connectivity index (χ0v) is 17.7. The Bertz CT molecular complexity index is 1130. The number of nitrogens with zero attached hydrogens (tertiary/aromatic N) is 1. The fourth-order valence-electron chi connectivity index (χ4n) is 3.98. The van der Waals surface area contributed by atoms with Gasteiger partial charge in [0.2, 0.25) is 0 Å². The maximum Gasteiger partial charge on any atom is 0.262 e. The Morgan fingerprint density at radius 2 is 1.72 bits per heavy atom. The van der Waals surface area contributed by atoms with Gasteiger partial charge in [0.25, 0.3) is 10.0 Å². The highest BCUT2D eigenvalue weighted by Crippen LogP contribution is 2.33. The van der Waals surface area contributed by atoms with Crippen molar-refractivity contribution in [3.8, 4) is 0 Å². The topological polar surface area (TPSA) is 61.4 Å². The third-order valence-electron chi connectivity index (χ3n) is 5.46. The summed E-state index contributed by atoms with van der Waals surface area (Å²) in [7, 11) is -3.71. The Morgan fingerprint density at radius 1 is 0.931 bits per heavy atom. The normalized spacial score (nSPS) is 15.3. The highest BCUT2D eigenvalue weighted by Gasteiger charge is 2.21. The number of benzene rings is 3. The van der Waals surface area contributed by atoms with Crippen molar-refractivity contribution in [3.05, 3.63) is 65.7 Å². The fourth-order valence-corrected chi connectivity index (χ4v) is 5.32. The molecule has 3 aromatic rings. The Morgan fingerprint density at radius 3 is 2.52 bits per heavy atom. The van der Waals surface area contributed by atoms with Crippen LogP contribution in [-0.4, -0.2) is 34.6 Å². The molecule has 6 heteroatoms. The first-order chi connectivity index (χ1) is 14.0. The lowest BCUT2D eigenvalue weighted by molar-refractivity contribution is 0.602. The maximum absolute atomic E-state index is 13.3. The lowest BCUT2D eigenvalue weighted by atomic mass is 10.1. The van der Waals surface area contributed by atoms with E-state index in [1.54, 1.807) is 6.07 Å². The van der Waals surface area contributed by atoms with Crippen LogP contribution in [0.3, 0.4) is 0 Å². The highest BCUT2D eigenvalue weighted by atomic mass is 32.2. The van der Waals surface area contributed by atoms with E-state index in [1.807, 2.05) is 62.4 Å². The lowest BCUT2D eigenvalue weighted by Crippen LogP contribution is -2.28. The van der Waals surface area contributed by atoms with Gasteiger partial charge in [-0.3, -0.25) is 4.72 Å². The van der Waals surface area contributed by atoms with Crippen molar-refractivity contribution in [2.75, 3.05) is 35.8 Å². The summed E-state index contributed by atoms with van der Waals surface area (Å²) in [5.41, 5.74) is 3.72. The molecule has 0 spiro atoms. The molecular weight excluding hydrogens is 382 g/mol. The second-order valence-corrected chi connectivity index (χ2v) is 9.29. The van der Waals surface area contributed by atoms with Crippen LogP contribution in [-0.2, 0) is 10.0 Å². The van der Waals surface area contributed by atoms with Gasteiger partial charge >= 0.3 is 0 Å². The second-order valence-electron chi connectivity index (χ2n) is 7.64. The molecule has 29 heavy (non-hydrogen) atoms. The second kappa shape index (κ2) is 8.05. The Hall–Kier alpha value is -2.57. The van der Waals surface area contributed by atoms with E-state index in [0.717, 1.165) is 60.2 Å². The van der Waals surface area contributed by atoms with Crippen molar-refractivity contribution in [1.82, 2.24) is 5.32 Å². The number of hydrogen-bond donors (Lipinski definition) is 2. The first kappa shape index (κ1) is 19.7. The Labute approximate surface area is 172 Å². The standard InChI is InChI=1S/C23H27N3O2S/c1-17-8-9-21(18(2)16-17)25-29(27,28)23-11-10-22(19-6-3-4-7-20(19)23)26-14-5-12-24-13-15-26/h3-4,6-11,16,24-25H,5,12-15H2,1-2H3. The van der Waals surface area contributed by atoms with Crippen LogP contribution in [0.5, 0.6) is 0 Å². The molecule has 152 valence electrons. The van der Waals surface area contributed by atoms with Crippen LogP contribution < -0.4 is 14.9 Å². The fraction of sp³-hybridized carbons (Fsp3) is 0.304. The zero-order chi connectivity index (χ0) is 20.4. The summed E-state index contributed by atoms with van der Waals surface area (Å²) >= 11 is 0. The van der Waals surface area contributed by atoms with E-state index in [-0.39, 0.29) is 0 Å². The van der Waals surface area contributed by atoms with Crippen LogP contribution >= 0.6 is 0 Å². The average molecular weight is 410 g/mol. The molecule has 4 rings (SSSR count). The molecule has 3 aromatic carbocycles. The van der Waals surface area contributed by atoms with Gasteiger partial charge in [0.15, 0.2) is 0 Å². The summed E-state index contributed by atoms with van der Waals surface area (Å²) in [4.78, 5) is 2.65. The molecule has 2 N–H and O–H groups in total. The van der Waals surface area contributed by atoms with E-state index in [2.05, 4.69) is 14.9 Å². The van der Waals surface area contributed by atoms with Crippen molar-refractivity contribution in [2.45, 2.75) is 25.2 Å². The number of nitrogens with one attached hydrogen (secondary N) is 2. The van der Waals surface area contributed by atoms with Crippen molar-refractivity contribution < 1.29 is 8.42 Å². The zero-order valence-electron chi connectivity index (χ0n) is 16.9. The molecule has 5 nitrogen and oxygen atoms in total. The summed E-state index contributed by atoms with van der Waals surface area (Å²) in [5, 5.41) is 5.14. The molecular formula is C23H27N3O2S. The summed E-state index contributed by atoms with van der Waals surface area (Å²) in [6.07, 6.45) is 1.07. The van der Waals surface area contributed by atoms with Crippen LogP contribution in [0, 0.1) is 13.8 Å². The number of aryl methyl sites for hydroxylation is 2. The SMILES string of the molecule is Cc1ccc(NS(=O)(=O)c2ccc(N3CCCNCC3)c3ccccc23)c(C)c1. The third kappa shape index (κ3) is 4.09. The summed E-state index contributed by atoms with van der Waals surface area (Å²) < 4.78 is 29.3. The van der Waals surface area contributed by atoms with Gasteiger partial charge in [-0.05, 0) is 50.6 Å². The monoisotopic (exact) mass is 409 g/mol. The molecule has 0 saturated carbocycles. The van der Waals surface area contributed by atoms with E-state index in [9.17, 15) is 8.42 Å². The molecule has 1 fully saturated rings. The average Bonchev–Trinajstić information content (AvgIpc) is 2.98. The van der Waals surface area contributed by atoms with Crippen LogP contribution in [0.15, 0.2) is 59.5 Å². The van der Waals surface area contributed by atoms with Gasteiger partial charge in [-0.15, -0.1) is 0 Å². The number of sulfonamides is 1. The van der Waals surface area contributed by atoms with Gasteiger partial charge in [0.1, 0.15) is 0 Å². The minimum atomic E-state index is -3.71. The number of rotatable bonds is 4. The lowest BCUT2D eigenvalue weighted by Gasteiger charge is -2.25. The summed E-state index contributed by atoms with van der Waals surface area (Å²) in [6.45, 7) is 7.74. The molecule has 1 aliphatic heterocycles. The van der Waals surface area contributed by atoms with Gasteiger partial charge in [-0.2, -0.15) is 0 Å². The minimum absolute atomic E-state index is 0.310. The quantitative estimate of drug-likeness (QED) is 0.682. The van der Waals surface area contributed by atoms with E-state index in [1.165, 1.54) is 0 Å². The van der Waals surface area contributed by atoms with E-state index < -0.39 is 10.0 Å². The maximum atomic E-state index is 13.3. The molecule has 0 unspecified atom stereocenters. The first-order valence-corrected chi connectivity index (χ1v) is 11.5. The van der Waals surface area contributed by atoms with Crippen LogP contribution in [0.25, 0.3) is 10.8 Å². The summed E-state index contributed by atoms with van der Waals surface area (Å²) in [6, 6.07) is 17.2. The minimum Gasteiger partial charge on any atom is -0.370 e. The smallest absolute Gasteiger partial charge is 0.262 e. The largest absolute Gasteiger partial charge is 0.370 e. The van der Waals surface area contributed by atoms with Crippen LogP contribution in [0.4, 0.5) is 11.4 Å². The van der Waals surface area contributed by atoms with Gasteiger partial charge < -0.3 is 10.2 Å². The van der Waals surface area contributed by atoms with E-state index >= 15 is 0 Å². The Kier molecular flexibility index (Phi) is 5.48. The van der Waals surface area contributed by atoms with Gasteiger partial charge in [0.05, 0.1) is 10.6 Å². The van der Waals surface area contributed by atoms with Crippen molar-refractivity contribution in [1.29, 1.82) is 0 Å². The van der Waals surface area contributed by atoms with E-state index in [0.29, 0.717) is 10.6 Å². The predicted molar refractivity (Wildman–Crippen MR) is 120 cm³/mol. The van der Waals surface area contributed by atoms with E-state index in [4.69, 9.17) is 0 Å². The predicted octanol–water partition coefficient (Wildman–Crippen LogP) is 4.06. The molecule has 0 bridgehead atoms. The van der Waals surface area contributed by atoms with Crippen LogP contribution in [0.1, 0.15) is 17.5 Å². The Balaban J connectivity index is 1.77. The van der Waals surface area contributed by atoms with Gasteiger partial charge in [0, 0.05) is 36.1 Å². The first-order valence-electron chi connectivity index (χ1n) is 10.0. The van der Waals surface area contributed by atoms with Crippen molar-refractivity contribution >= 4 is 32.2 Å². The number of hydrogen-bond acceptors (Lipinski definition) is 4. The molecule has 0 aliphatic carbocycles. The molecule has 0 radical (unpaired) electrons. The summed E-state index contributed by atoms with van der Waals surface area (Å²) in [5.74, 6) is 0. The molecule has 1 saturated heterocycles. The molecule has 1 aliphatic rings. The molecule has 1 heterocycles. The van der Waals surface area contributed by atoms with Gasteiger partial charge in [-0.25, -0.2) is 8.42 Å².